The van der Waals surface area contributed by atoms with Crippen molar-refractivity contribution >= 4 is 17.7 Å². The summed E-state index contributed by atoms with van der Waals surface area (Å²) in [5.74, 6) is -0.236. The average Bonchev–Trinajstić information content (AvgIpc) is 2.84. The fraction of sp³-hybridized carbons (Fsp3) is 0.529. The van der Waals surface area contributed by atoms with Gasteiger partial charge in [0, 0.05) is 18.7 Å². The van der Waals surface area contributed by atoms with Gasteiger partial charge in [0.05, 0.1) is 4.92 Å². The predicted octanol–water partition coefficient (Wildman–Crippen LogP) is 2.31. The maximum Gasteiger partial charge on any atom is 0.408 e. The lowest BCUT2D eigenvalue weighted by Crippen LogP contribution is -2.55. The first kappa shape index (κ1) is 18.7. The second-order valence-electron chi connectivity index (χ2n) is 7.14. The maximum atomic E-state index is 12.3. The van der Waals surface area contributed by atoms with E-state index in [0.29, 0.717) is 25.8 Å². The van der Waals surface area contributed by atoms with E-state index in [9.17, 15) is 19.7 Å². The summed E-state index contributed by atoms with van der Waals surface area (Å²) >= 11 is 0. The van der Waals surface area contributed by atoms with Crippen LogP contribution in [0.2, 0.25) is 0 Å². The molecular weight excluding hydrogens is 326 g/mol. The minimum Gasteiger partial charge on any atom is -0.444 e. The van der Waals surface area contributed by atoms with Gasteiger partial charge in [-0.2, -0.15) is 0 Å². The number of nitrogens with one attached hydrogen (secondary N) is 2. The van der Waals surface area contributed by atoms with Gasteiger partial charge in [-0.1, -0.05) is 12.1 Å². The number of hydrogen-bond donors (Lipinski definition) is 2. The van der Waals surface area contributed by atoms with Crippen LogP contribution in [-0.4, -0.2) is 34.6 Å². The second kappa shape index (κ2) is 7.08. The number of hydrogen-bond acceptors (Lipinski definition) is 5. The molecule has 25 heavy (non-hydrogen) atoms. The molecule has 136 valence electrons. The van der Waals surface area contributed by atoms with E-state index >= 15 is 0 Å². The van der Waals surface area contributed by atoms with Crippen molar-refractivity contribution in [2.45, 2.75) is 51.2 Å². The SMILES string of the molecule is CC(C)(C)OC(=O)N[C@@]1(CCc2ccc([N+](=O)[O-])cc2)CCNC1=O. The van der Waals surface area contributed by atoms with E-state index in [0.717, 1.165) is 5.56 Å². The standard InChI is InChI=1S/C17H23N3O5/c1-16(2,3)25-15(22)19-17(10-11-18-14(17)21)9-8-12-4-6-13(7-5-12)20(23)24/h4-7H,8-11H2,1-3H3,(H,18,21)(H,19,22)/t17-/m0/s1. The zero-order valence-corrected chi connectivity index (χ0v) is 14.6. The molecule has 1 atom stereocenters. The van der Waals surface area contributed by atoms with Gasteiger partial charge in [0.15, 0.2) is 0 Å². The number of nitro benzene ring substituents is 1. The molecule has 2 rings (SSSR count). The topological polar surface area (TPSA) is 111 Å². The van der Waals surface area contributed by atoms with Crippen LogP contribution in [0.5, 0.6) is 0 Å². The van der Waals surface area contributed by atoms with Crippen LogP contribution in [0.4, 0.5) is 10.5 Å². The van der Waals surface area contributed by atoms with Crippen molar-refractivity contribution in [3.8, 4) is 0 Å². The van der Waals surface area contributed by atoms with Gasteiger partial charge in [-0.3, -0.25) is 14.9 Å². The monoisotopic (exact) mass is 349 g/mol. The van der Waals surface area contributed by atoms with Crippen LogP contribution in [0.25, 0.3) is 0 Å². The van der Waals surface area contributed by atoms with Crippen molar-refractivity contribution in [1.82, 2.24) is 10.6 Å². The molecule has 1 aromatic rings. The summed E-state index contributed by atoms with van der Waals surface area (Å²) in [6.07, 6.45) is 0.725. The second-order valence-corrected chi connectivity index (χ2v) is 7.14. The quantitative estimate of drug-likeness (QED) is 0.626. The van der Waals surface area contributed by atoms with Crippen LogP contribution in [0, 0.1) is 10.1 Å². The first-order chi connectivity index (χ1) is 11.6. The zero-order chi connectivity index (χ0) is 18.7. The summed E-state index contributed by atoms with van der Waals surface area (Å²) in [4.78, 5) is 34.6. The number of nitrogens with zero attached hydrogens (tertiary/aromatic N) is 1. The van der Waals surface area contributed by atoms with Gasteiger partial charge in [-0.15, -0.1) is 0 Å². The van der Waals surface area contributed by atoms with Gasteiger partial charge in [0.2, 0.25) is 5.91 Å². The Kier molecular flexibility index (Phi) is 5.30. The Labute approximate surface area is 146 Å². The lowest BCUT2D eigenvalue weighted by Gasteiger charge is -2.29. The normalized spacial score (nSPS) is 20.0. The number of rotatable bonds is 5. The summed E-state index contributed by atoms with van der Waals surface area (Å²) in [5, 5.41) is 16.2. The minimum absolute atomic E-state index is 0.0175. The van der Waals surface area contributed by atoms with Crippen molar-refractivity contribution in [3.05, 3.63) is 39.9 Å². The fourth-order valence-electron chi connectivity index (χ4n) is 2.73. The molecule has 8 nitrogen and oxygen atoms in total. The average molecular weight is 349 g/mol. The number of non-ortho nitro benzene ring substituents is 1. The minimum atomic E-state index is -1.02. The van der Waals surface area contributed by atoms with E-state index in [1.165, 1.54) is 12.1 Å². The largest absolute Gasteiger partial charge is 0.444 e. The highest BCUT2D eigenvalue weighted by Gasteiger charge is 2.44. The molecule has 1 saturated heterocycles. The Hall–Kier alpha value is -2.64. The first-order valence-corrected chi connectivity index (χ1v) is 8.14. The van der Waals surface area contributed by atoms with Crippen LogP contribution in [0.1, 0.15) is 39.2 Å². The Morgan fingerprint density at radius 1 is 1.36 bits per heavy atom. The molecule has 2 N–H and O–H groups in total. The van der Waals surface area contributed by atoms with Gasteiger partial charge in [-0.25, -0.2) is 4.79 Å². The van der Waals surface area contributed by atoms with Crippen LogP contribution in [0.15, 0.2) is 24.3 Å². The number of ether oxygens (including phenoxy) is 1. The van der Waals surface area contributed by atoms with Crippen LogP contribution in [-0.2, 0) is 16.0 Å². The number of nitro groups is 1. The highest BCUT2D eigenvalue weighted by Crippen LogP contribution is 2.24. The van der Waals surface area contributed by atoms with Gasteiger partial charge < -0.3 is 15.4 Å². The highest BCUT2D eigenvalue weighted by molar-refractivity contribution is 5.91. The third-order valence-electron chi connectivity index (χ3n) is 4.00. The molecule has 0 aliphatic carbocycles. The lowest BCUT2D eigenvalue weighted by molar-refractivity contribution is -0.384. The van der Waals surface area contributed by atoms with Gasteiger partial charge in [-0.05, 0) is 45.6 Å². The Morgan fingerprint density at radius 2 is 2.00 bits per heavy atom. The third-order valence-corrected chi connectivity index (χ3v) is 4.00. The Bertz CT molecular complexity index is 666. The molecule has 0 spiro atoms. The molecule has 1 aliphatic rings. The lowest BCUT2D eigenvalue weighted by atomic mass is 9.89. The summed E-state index contributed by atoms with van der Waals surface area (Å²) in [5.41, 5.74) is -0.803. The predicted molar refractivity (Wildman–Crippen MR) is 91.1 cm³/mol. The van der Waals surface area contributed by atoms with E-state index in [2.05, 4.69) is 10.6 Å². The maximum absolute atomic E-state index is 12.3. The van der Waals surface area contributed by atoms with Gasteiger partial charge >= 0.3 is 6.09 Å². The highest BCUT2D eigenvalue weighted by atomic mass is 16.6. The van der Waals surface area contributed by atoms with Crippen LogP contribution < -0.4 is 10.6 Å². The first-order valence-electron chi connectivity index (χ1n) is 8.14. The molecular formula is C17H23N3O5. The molecule has 0 radical (unpaired) electrons. The molecule has 8 heteroatoms. The zero-order valence-electron chi connectivity index (χ0n) is 14.6. The molecule has 0 bridgehead atoms. The molecule has 1 aromatic carbocycles. The van der Waals surface area contributed by atoms with Crippen molar-refractivity contribution in [2.75, 3.05) is 6.54 Å². The molecule has 1 heterocycles. The van der Waals surface area contributed by atoms with Crippen molar-refractivity contribution in [1.29, 1.82) is 0 Å². The van der Waals surface area contributed by atoms with E-state index < -0.39 is 22.2 Å². The van der Waals surface area contributed by atoms with E-state index in [4.69, 9.17) is 4.74 Å². The van der Waals surface area contributed by atoms with E-state index in [1.54, 1.807) is 32.9 Å². The molecule has 1 fully saturated rings. The van der Waals surface area contributed by atoms with Crippen LogP contribution >= 0.6 is 0 Å². The molecule has 0 aromatic heterocycles. The van der Waals surface area contributed by atoms with Crippen molar-refractivity contribution in [3.63, 3.8) is 0 Å². The van der Waals surface area contributed by atoms with Crippen LogP contribution in [0.3, 0.4) is 0 Å². The molecule has 1 aliphatic heterocycles. The number of alkyl carbamates (subject to hydrolysis) is 1. The van der Waals surface area contributed by atoms with Gasteiger partial charge in [0.1, 0.15) is 11.1 Å². The third kappa shape index (κ3) is 4.91. The number of carbonyl (C=O) groups is 2. The fourth-order valence-corrected chi connectivity index (χ4v) is 2.73. The number of amides is 2. The number of aryl methyl sites for hydroxylation is 1. The molecule has 0 saturated carbocycles. The Morgan fingerprint density at radius 3 is 2.48 bits per heavy atom. The molecule has 0 unspecified atom stereocenters. The van der Waals surface area contributed by atoms with E-state index in [-0.39, 0.29) is 11.6 Å². The molecule has 2 amide bonds. The van der Waals surface area contributed by atoms with Crippen molar-refractivity contribution < 1.29 is 19.2 Å². The number of carbonyl (C=O) groups excluding carboxylic acids is 2. The number of benzene rings is 1. The summed E-state index contributed by atoms with van der Waals surface area (Å²) in [6.45, 7) is 5.75. The summed E-state index contributed by atoms with van der Waals surface area (Å²) < 4.78 is 5.26. The van der Waals surface area contributed by atoms with Gasteiger partial charge in [0.25, 0.3) is 5.69 Å². The summed E-state index contributed by atoms with van der Waals surface area (Å²) in [6, 6.07) is 6.17. The summed E-state index contributed by atoms with van der Waals surface area (Å²) in [7, 11) is 0. The van der Waals surface area contributed by atoms with Crippen molar-refractivity contribution in [2.24, 2.45) is 0 Å². The Balaban J connectivity index is 2.06. The smallest absolute Gasteiger partial charge is 0.408 e. The van der Waals surface area contributed by atoms with E-state index in [1.807, 2.05) is 0 Å².